The van der Waals surface area contributed by atoms with Crippen LogP contribution in [0, 0.1) is 0 Å². The van der Waals surface area contributed by atoms with Crippen LogP contribution in [0.4, 0.5) is 0 Å². The molecule has 6 heteroatoms. The predicted molar refractivity (Wildman–Crippen MR) is 89.5 cm³/mol. The Bertz CT molecular complexity index is 542. The second kappa shape index (κ2) is 7.20. The van der Waals surface area contributed by atoms with Crippen molar-refractivity contribution >= 4 is 17.7 Å². The topological polar surface area (TPSA) is 51.7 Å². The number of carbonyl (C=O) groups is 1. The van der Waals surface area contributed by atoms with Gasteiger partial charge < -0.3 is 14.4 Å². The highest BCUT2D eigenvalue weighted by molar-refractivity contribution is 7.99. The van der Waals surface area contributed by atoms with E-state index in [1.165, 1.54) is 11.8 Å². The van der Waals surface area contributed by atoms with E-state index in [2.05, 4.69) is 4.98 Å². The molecule has 3 rings (SSSR count). The Labute approximate surface area is 141 Å². The molecule has 2 fully saturated rings. The van der Waals surface area contributed by atoms with Crippen molar-refractivity contribution in [3.63, 3.8) is 0 Å². The van der Waals surface area contributed by atoms with Crippen LogP contribution in [0.5, 0.6) is 0 Å². The number of likely N-dealkylation sites (tertiary alicyclic amines) is 1. The van der Waals surface area contributed by atoms with E-state index in [1.807, 2.05) is 23.1 Å². The Morgan fingerprint density at radius 2 is 2.30 bits per heavy atom. The normalized spacial score (nSPS) is 30.3. The first kappa shape index (κ1) is 16.7. The van der Waals surface area contributed by atoms with Gasteiger partial charge in [0.2, 0.25) is 5.91 Å². The molecule has 0 N–H and O–H groups in total. The average Bonchev–Trinajstić information content (AvgIpc) is 2.99. The fourth-order valence-corrected chi connectivity index (χ4v) is 4.57. The van der Waals surface area contributed by atoms with Gasteiger partial charge in [-0.1, -0.05) is 17.8 Å². The smallest absolute Gasteiger partial charge is 0.233 e. The van der Waals surface area contributed by atoms with Gasteiger partial charge in [-0.25, -0.2) is 4.98 Å². The number of methoxy groups -OCH3 is 2. The van der Waals surface area contributed by atoms with Crippen molar-refractivity contribution in [2.24, 2.45) is 0 Å². The molecule has 1 aromatic heterocycles. The Morgan fingerprint density at radius 3 is 3.00 bits per heavy atom. The zero-order valence-electron chi connectivity index (χ0n) is 13.7. The summed E-state index contributed by atoms with van der Waals surface area (Å²) in [5, 5.41) is 0.886. The van der Waals surface area contributed by atoms with E-state index in [9.17, 15) is 4.79 Å². The van der Waals surface area contributed by atoms with Crippen molar-refractivity contribution in [1.29, 1.82) is 0 Å². The Balaban J connectivity index is 1.65. The quantitative estimate of drug-likeness (QED) is 0.773. The van der Waals surface area contributed by atoms with E-state index in [0.29, 0.717) is 5.75 Å². The lowest BCUT2D eigenvalue weighted by atomic mass is 9.79. The second-order valence-electron chi connectivity index (χ2n) is 6.21. The van der Waals surface area contributed by atoms with Crippen LogP contribution in [-0.2, 0) is 14.3 Å². The number of thioether (sulfide) groups is 1. The predicted octanol–water partition coefficient (Wildman–Crippen LogP) is 2.36. The summed E-state index contributed by atoms with van der Waals surface area (Å²) in [6.07, 6.45) is 5.73. The SMILES string of the molecule is COC1CCC2(OC)CCN(C(=O)CSc3ccccn3)C2C1. The van der Waals surface area contributed by atoms with E-state index in [1.54, 1.807) is 20.4 Å². The summed E-state index contributed by atoms with van der Waals surface area (Å²) in [5.74, 6) is 0.589. The number of rotatable bonds is 5. The first-order chi connectivity index (χ1) is 11.2. The van der Waals surface area contributed by atoms with Gasteiger partial charge in [-0.15, -0.1) is 0 Å². The Morgan fingerprint density at radius 1 is 1.43 bits per heavy atom. The van der Waals surface area contributed by atoms with Crippen molar-refractivity contribution in [2.75, 3.05) is 26.5 Å². The number of amides is 1. The number of hydrogen-bond acceptors (Lipinski definition) is 5. The maximum Gasteiger partial charge on any atom is 0.233 e. The van der Waals surface area contributed by atoms with Gasteiger partial charge >= 0.3 is 0 Å². The minimum Gasteiger partial charge on any atom is -0.381 e. The zero-order chi connectivity index (χ0) is 16.3. The van der Waals surface area contributed by atoms with Crippen molar-refractivity contribution in [3.8, 4) is 0 Å². The van der Waals surface area contributed by atoms with Crippen LogP contribution in [-0.4, -0.2) is 60.1 Å². The first-order valence-corrected chi connectivity index (χ1v) is 9.08. The van der Waals surface area contributed by atoms with E-state index in [0.717, 1.165) is 37.3 Å². The Kier molecular flexibility index (Phi) is 5.24. The van der Waals surface area contributed by atoms with Gasteiger partial charge in [-0.05, 0) is 37.8 Å². The fraction of sp³-hybridized carbons (Fsp3) is 0.647. The first-order valence-electron chi connectivity index (χ1n) is 8.10. The maximum atomic E-state index is 12.7. The van der Waals surface area contributed by atoms with E-state index in [-0.39, 0.29) is 23.7 Å². The summed E-state index contributed by atoms with van der Waals surface area (Å²) >= 11 is 1.49. The average molecular weight is 336 g/mol. The highest BCUT2D eigenvalue weighted by Gasteiger charge is 2.52. The van der Waals surface area contributed by atoms with Crippen LogP contribution in [0.15, 0.2) is 29.4 Å². The molecule has 1 saturated carbocycles. The van der Waals surface area contributed by atoms with Crippen LogP contribution in [0.1, 0.15) is 25.7 Å². The lowest BCUT2D eigenvalue weighted by Gasteiger charge is -2.43. The Hall–Kier alpha value is -1.11. The number of fused-ring (bicyclic) bond motifs is 1. The lowest BCUT2D eigenvalue weighted by molar-refractivity contribution is -0.138. The number of nitrogens with zero attached hydrogens (tertiary/aromatic N) is 2. The van der Waals surface area contributed by atoms with Crippen LogP contribution in [0.2, 0.25) is 0 Å². The summed E-state index contributed by atoms with van der Waals surface area (Å²) in [7, 11) is 3.53. The van der Waals surface area contributed by atoms with Crippen LogP contribution in [0.25, 0.3) is 0 Å². The van der Waals surface area contributed by atoms with E-state index < -0.39 is 0 Å². The zero-order valence-corrected chi connectivity index (χ0v) is 14.6. The van der Waals surface area contributed by atoms with Gasteiger partial charge in [-0.2, -0.15) is 0 Å². The summed E-state index contributed by atoms with van der Waals surface area (Å²) < 4.78 is 11.4. The second-order valence-corrected chi connectivity index (χ2v) is 7.21. The van der Waals surface area contributed by atoms with E-state index in [4.69, 9.17) is 9.47 Å². The van der Waals surface area contributed by atoms with Gasteiger partial charge in [0.05, 0.1) is 28.5 Å². The van der Waals surface area contributed by atoms with Crippen LogP contribution >= 0.6 is 11.8 Å². The van der Waals surface area contributed by atoms with Gasteiger partial charge in [0, 0.05) is 27.0 Å². The van der Waals surface area contributed by atoms with Crippen molar-refractivity contribution < 1.29 is 14.3 Å². The van der Waals surface area contributed by atoms with Crippen LogP contribution in [0.3, 0.4) is 0 Å². The van der Waals surface area contributed by atoms with Crippen molar-refractivity contribution in [3.05, 3.63) is 24.4 Å². The highest BCUT2D eigenvalue weighted by atomic mass is 32.2. The molecule has 1 amide bonds. The van der Waals surface area contributed by atoms with Crippen molar-refractivity contribution in [2.45, 2.75) is 48.5 Å². The number of hydrogen-bond donors (Lipinski definition) is 0. The third-order valence-corrected chi connectivity index (χ3v) is 6.11. The molecular weight excluding hydrogens is 312 g/mol. The number of ether oxygens (including phenoxy) is 2. The molecular formula is C17H24N2O3S. The molecule has 3 atom stereocenters. The molecule has 3 unspecified atom stereocenters. The molecule has 2 aliphatic rings. The maximum absolute atomic E-state index is 12.7. The van der Waals surface area contributed by atoms with Gasteiger partial charge in [0.15, 0.2) is 0 Å². The third-order valence-electron chi connectivity index (χ3n) is 5.18. The fourth-order valence-electron chi connectivity index (χ4n) is 3.83. The molecule has 0 bridgehead atoms. The molecule has 126 valence electrons. The molecule has 5 nitrogen and oxygen atoms in total. The molecule has 23 heavy (non-hydrogen) atoms. The van der Waals surface area contributed by atoms with Gasteiger partial charge in [0.25, 0.3) is 0 Å². The number of carbonyl (C=O) groups excluding carboxylic acids is 1. The molecule has 0 radical (unpaired) electrons. The molecule has 0 spiro atoms. The molecule has 1 saturated heterocycles. The molecule has 2 heterocycles. The summed E-state index contributed by atoms with van der Waals surface area (Å²) in [5.41, 5.74) is -0.180. The number of pyridine rings is 1. The van der Waals surface area contributed by atoms with Gasteiger partial charge in [0.1, 0.15) is 0 Å². The number of aromatic nitrogens is 1. The summed E-state index contributed by atoms with van der Waals surface area (Å²) in [4.78, 5) is 19.0. The molecule has 0 aromatic carbocycles. The minimum atomic E-state index is -0.180. The third kappa shape index (κ3) is 3.39. The largest absolute Gasteiger partial charge is 0.381 e. The molecule has 1 aromatic rings. The highest BCUT2D eigenvalue weighted by Crippen LogP contribution is 2.43. The minimum absolute atomic E-state index is 0.128. The van der Waals surface area contributed by atoms with Crippen molar-refractivity contribution in [1.82, 2.24) is 9.88 Å². The molecule has 1 aliphatic heterocycles. The monoisotopic (exact) mass is 336 g/mol. The van der Waals surface area contributed by atoms with Gasteiger partial charge in [-0.3, -0.25) is 4.79 Å². The summed E-state index contributed by atoms with van der Waals surface area (Å²) in [6, 6.07) is 5.88. The standard InChI is InChI=1S/C17H24N2O3S/c1-21-13-6-7-17(22-2)8-10-19(14(17)11-13)16(20)12-23-15-5-3-4-9-18-15/h3-5,9,13-14H,6-8,10-12H2,1-2H3. The lowest BCUT2D eigenvalue weighted by Crippen LogP contribution is -2.53. The van der Waals surface area contributed by atoms with Crippen LogP contribution < -0.4 is 0 Å². The molecule has 1 aliphatic carbocycles. The van der Waals surface area contributed by atoms with E-state index >= 15 is 0 Å². The summed E-state index contributed by atoms with van der Waals surface area (Å²) in [6.45, 7) is 0.774.